The standard InChI is InChI=1S/2BrH.O.Pb/h2*1H;;. The fraction of sp³-hybridized carbons (Fsp3) is 0. The fourth-order valence-electron chi connectivity index (χ4n) is 0. The molecule has 0 bridgehead atoms. The molecule has 0 atom stereocenters. The van der Waals surface area contributed by atoms with E-state index in [9.17, 15) is 0 Å². The number of rotatable bonds is 0. The molecule has 0 amide bonds. The van der Waals surface area contributed by atoms with Crippen molar-refractivity contribution in [3.8, 4) is 0 Å². The van der Waals surface area contributed by atoms with Gasteiger partial charge in [0.25, 0.3) is 0 Å². The normalized spacial score (nSPS) is 1.00. The fourth-order valence-corrected chi connectivity index (χ4v) is 0. The van der Waals surface area contributed by atoms with Gasteiger partial charge >= 0.3 is 28.5 Å². The summed E-state index contributed by atoms with van der Waals surface area (Å²) in [5.74, 6) is 0. The number of hydrogen-bond acceptors (Lipinski definition) is 1. The Bertz CT molecular complexity index is 6.00. The summed E-state index contributed by atoms with van der Waals surface area (Å²) < 4.78 is 8.39. The molecule has 0 saturated heterocycles. The maximum absolute atomic E-state index is 8.39. The molecule has 2 radical (unpaired) electrons. The summed E-state index contributed by atoms with van der Waals surface area (Å²) in [5.41, 5.74) is 0. The van der Waals surface area contributed by atoms with Crippen LogP contribution in [0.15, 0.2) is 0 Å². The first-order valence-electron chi connectivity index (χ1n) is 0.204. The van der Waals surface area contributed by atoms with Crippen molar-refractivity contribution >= 4 is 59.7 Å². The molecule has 0 aliphatic heterocycles. The van der Waals surface area contributed by atoms with Crippen molar-refractivity contribution in [1.82, 2.24) is 0 Å². The molecule has 0 N–H and O–H groups in total. The summed E-state index contributed by atoms with van der Waals surface area (Å²) in [6.45, 7) is 0. The van der Waals surface area contributed by atoms with Gasteiger partial charge in [-0.15, -0.1) is 34.0 Å². The van der Waals surface area contributed by atoms with Gasteiger partial charge in [-0.25, -0.2) is 0 Å². The monoisotopic (exact) mass is 384 g/mol. The zero-order valence-corrected chi connectivity index (χ0v) is 9.04. The average molecular weight is 385 g/mol. The van der Waals surface area contributed by atoms with Gasteiger partial charge in [0.15, 0.2) is 0 Å². The molecule has 0 rings (SSSR count). The van der Waals surface area contributed by atoms with Gasteiger partial charge in [0.2, 0.25) is 0 Å². The van der Waals surface area contributed by atoms with Gasteiger partial charge in [-0.3, -0.25) is 0 Å². The van der Waals surface area contributed by atoms with Gasteiger partial charge in [0.05, 0.1) is 0 Å². The Balaban J connectivity index is -0.00000000500. The summed E-state index contributed by atoms with van der Waals surface area (Å²) in [6.07, 6.45) is 0. The molecule has 0 spiro atoms. The van der Waals surface area contributed by atoms with E-state index < -0.39 is 0 Å². The van der Waals surface area contributed by atoms with Gasteiger partial charge in [0, 0.05) is 0 Å². The minimum absolute atomic E-state index is 0. The van der Waals surface area contributed by atoms with Crippen molar-refractivity contribution in [2.24, 2.45) is 0 Å². The molecule has 4 heavy (non-hydrogen) atoms. The van der Waals surface area contributed by atoms with Crippen LogP contribution in [-0.4, -0.2) is 25.8 Å². The molecule has 0 unspecified atom stereocenters. The van der Waals surface area contributed by atoms with Crippen molar-refractivity contribution < 1.29 is 2.69 Å². The van der Waals surface area contributed by atoms with E-state index in [1.807, 2.05) is 0 Å². The van der Waals surface area contributed by atoms with Crippen molar-refractivity contribution in [1.29, 1.82) is 0 Å². The van der Waals surface area contributed by atoms with Crippen LogP contribution < -0.4 is 0 Å². The Morgan fingerprint density at radius 1 is 1.00 bits per heavy atom. The van der Waals surface area contributed by atoms with Gasteiger partial charge in [-0.1, -0.05) is 0 Å². The van der Waals surface area contributed by atoms with E-state index in [0.717, 1.165) is 0 Å². The second kappa shape index (κ2) is 22.4. The third-order valence-corrected chi connectivity index (χ3v) is 0. The molecule has 0 aromatic carbocycles. The van der Waals surface area contributed by atoms with Gasteiger partial charge < -0.3 is 0 Å². The predicted molar refractivity (Wildman–Crippen MR) is 27.1 cm³/mol. The Morgan fingerprint density at radius 3 is 1.00 bits per heavy atom. The third-order valence-electron chi connectivity index (χ3n) is 0. The molecule has 0 aromatic heterocycles. The predicted octanol–water partition coefficient (Wildman–Crippen LogP) is 0.656. The Labute approximate surface area is 61.8 Å². The topological polar surface area (TPSA) is 17.1 Å². The van der Waals surface area contributed by atoms with Crippen LogP contribution in [0, 0.1) is 0 Å². The van der Waals surface area contributed by atoms with Crippen LogP contribution in [0.1, 0.15) is 0 Å². The van der Waals surface area contributed by atoms with Crippen LogP contribution in [0.4, 0.5) is 0 Å². The van der Waals surface area contributed by atoms with E-state index in [1.54, 1.807) is 0 Å². The first-order chi connectivity index (χ1) is 1.00. The average Bonchev–Trinajstić information content (AvgIpc) is 1.00. The van der Waals surface area contributed by atoms with Crippen molar-refractivity contribution in [2.45, 2.75) is 0 Å². The van der Waals surface area contributed by atoms with E-state index in [-0.39, 0.29) is 59.7 Å². The Kier molecular flexibility index (Phi) is 97.1. The molecule has 4 heteroatoms. The summed E-state index contributed by atoms with van der Waals surface area (Å²) >= 11 is 0.0556. The quantitative estimate of drug-likeness (QED) is 0.561. The molecule has 0 heterocycles. The molecular formula is H2Br2OPb. The van der Waals surface area contributed by atoms with E-state index in [4.69, 9.17) is 2.69 Å². The molecule has 0 aliphatic carbocycles. The Morgan fingerprint density at radius 2 is 1.00 bits per heavy atom. The minimum atomic E-state index is 0. The first kappa shape index (κ1) is 17.3. The van der Waals surface area contributed by atoms with Crippen LogP contribution in [-0.2, 0) is 2.69 Å². The molecule has 0 aromatic rings. The summed E-state index contributed by atoms with van der Waals surface area (Å²) in [5, 5.41) is 0. The maximum atomic E-state index is 8.39. The summed E-state index contributed by atoms with van der Waals surface area (Å²) in [7, 11) is 0. The van der Waals surface area contributed by atoms with Crippen LogP contribution in [0.2, 0.25) is 0 Å². The van der Waals surface area contributed by atoms with Crippen molar-refractivity contribution in [3.63, 3.8) is 0 Å². The molecular weight excluding hydrogens is 383 g/mol. The van der Waals surface area contributed by atoms with Crippen molar-refractivity contribution in [3.05, 3.63) is 0 Å². The zero-order chi connectivity index (χ0) is 2.00. The van der Waals surface area contributed by atoms with Crippen molar-refractivity contribution in [2.75, 3.05) is 0 Å². The third kappa shape index (κ3) is 9.36. The van der Waals surface area contributed by atoms with Gasteiger partial charge in [-0.2, -0.15) is 0 Å². The van der Waals surface area contributed by atoms with Gasteiger partial charge in [0.1, 0.15) is 0 Å². The molecule has 0 saturated carbocycles. The van der Waals surface area contributed by atoms with Crippen LogP contribution in [0.3, 0.4) is 0 Å². The van der Waals surface area contributed by atoms with Crippen LogP contribution in [0.25, 0.3) is 0 Å². The molecule has 26 valence electrons. The summed E-state index contributed by atoms with van der Waals surface area (Å²) in [6, 6.07) is 0. The van der Waals surface area contributed by atoms with E-state index in [1.165, 1.54) is 0 Å². The molecule has 0 fully saturated rings. The van der Waals surface area contributed by atoms with E-state index in [0.29, 0.717) is 0 Å². The molecule has 0 aliphatic rings. The second-order valence-corrected chi connectivity index (χ2v) is 0. The Hall–Kier alpha value is 1.68. The van der Waals surface area contributed by atoms with Gasteiger partial charge in [-0.05, 0) is 0 Å². The zero-order valence-electron chi connectivity index (χ0n) is 1.72. The summed E-state index contributed by atoms with van der Waals surface area (Å²) in [4.78, 5) is 0. The number of hydrogen-bond donors (Lipinski definition) is 0. The van der Waals surface area contributed by atoms with Crippen LogP contribution >= 0.6 is 34.0 Å². The second-order valence-electron chi connectivity index (χ2n) is 0. The molecule has 1 nitrogen and oxygen atoms in total. The number of halogens is 2. The van der Waals surface area contributed by atoms with E-state index >= 15 is 0 Å². The van der Waals surface area contributed by atoms with E-state index in [2.05, 4.69) is 0 Å². The first-order valence-corrected chi connectivity index (χ1v) is 1.79. The SMILES string of the molecule is Br.Br.[O]=[Pb]. The van der Waals surface area contributed by atoms with Crippen LogP contribution in [0.5, 0.6) is 0 Å².